The standard InChI is InChI=1S/C79H89BN4OS/c1-73(2,3)49-23-30-56(31-24-49)82(57-32-25-50(26-33-57)74(4,5)6)59-36-37-63-64(47-59)83(58-34-27-51(28-35-58)75(7,8)9)65-45-55(79(19,20)21)46-66-69(65)80(63)70-72(84(66)60-42-53(77(13,14)15)41-54(43-60)78(16,17)18)86-71(81-70)48-22-38-67-61(40-48)62-44-52(76(10,11)12)29-39-68(62)85-67/h22-47H,1-21H3. The van der Waals surface area contributed by atoms with Crippen molar-refractivity contribution < 1.29 is 4.42 Å². The first-order valence-corrected chi connectivity index (χ1v) is 32.0. The fourth-order valence-corrected chi connectivity index (χ4v) is 13.7. The smallest absolute Gasteiger partial charge is 0.276 e. The molecule has 12 rings (SSSR count). The molecule has 5 nitrogen and oxygen atoms in total. The molecule has 8 aromatic carbocycles. The molecule has 4 heterocycles. The molecule has 0 amide bonds. The zero-order valence-corrected chi connectivity index (χ0v) is 56.0. The maximum atomic E-state index is 6.58. The summed E-state index contributed by atoms with van der Waals surface area (Å²) < 4.78 is 6.58. The van der Waals surface area contributed by atoms with E-state index < -0.39 is 0 Å². The third-order valence-electron chi connectivity index (χ3n) is 18.2. The average Bonchev–Trinajstić information content (AvgIpc) is 1.12. The number of anilines is 9. The number of rotatable bonds is 6. The van der Waals surface area contributed by atoms with E-state index in [1.54, 1.807) is 0 Å². The highest BCUT2D eigenvalue weighted by atomic mass is 32.1. The topological polar surface area (TPSA) is 35.8 Å². The van der Waals surface area contributed by atoms with Crippen LogP contribution in [-0.2, 0) is 37.9 Å². The number of furan rings is 1. The van der Waals surface area contributed by atoms with Crippen molar-refractivity contribution in [3.8, 4) is 10.6 Å². The van der Waals surface area contributed by atoms with E-state index in [4.69, 9.17) is 9.40 Å². The molecule has 7 heteroatoms. The van der Waals surface area contributed by atoms with Gasteiger partial charge in [0.1, 0.15) is 21.2 Å². The molecule has 2 aliphatic rings. The molecular formula is C79H89BN4OS. The second-order valence-electron chi connectivity index (χ2n) is 32.0. The molecule has 0 radical (unpaired) electrons. The van der Waals surface area contributed by atoms with Crippen LogP contribution in [-0.4, -0.2) is 11.7 Å². The first kappa shape index (κ1) is 59.0. The summed E-state index contributed by atoms with van der Waals surface area (Å²) in [7, 11) is 0. The molecule has 0 aliphatic carbocycles. The van der Waals surface area contributed by atoms with Gasteiger partial charge in [-0.3, -0.25) is 0 Å². The first-order chi connectivity index (χ1) is 40.0. The number of hydrogen-bond acceptors (Lipinski definition) is 6. The highest BCUT2D eigenvalue weighted by Crippen LogP contribution is 2.51. The Balaban J connectivity index is 1.17. The zero-order valence-electron chi connectivity index (χ0n) is 55.2. The lowest BCUT2D eigenvalue weighted by Gasteiger charge is -2.44. The quantitative estimate of drug-likeness (QED) is 0.155. The monoisotopic (exact) mass is 1150 g/mol. The molecule has 0 atom stereocenters. The van der Waals surface area contributed by atoms with Crippen molar-refractivity contribution in [1.82, 2.24) is 4.98 Å². The summed E-state index contributed by atoms with van der Waals surface area (Å²) in [5.74, 6) is 0. The van der Waals surface area contributed by atoms with Crippen LogP contribution in [0.25, 0.3) is 32.5 Å². The molecule has 2 aromatic heterocycles. The van der Waals surface area contributed by atoms with Gasteiger partial charge in [-0.1, -0.05) is 211 Å². The van der Waals surface area contributed by atoms with Gasteiger partial charge in [-0.2, -0.15) is 0 Å². The number of nitrogens with zero attached hydrogens (tertiary/aromatic N) is 4. The summed E-state index contributed by atoms with van der Waals surface area (Å²) in [5, 5.41) is 4.37. The molecule has 0 spiro atoms. The normalized spacial score (nSPS) is 14.0. The Bertz CT molecular complexity index is 4170. The van der Waals surface area contributed by atoms with Crippen molar-refractivity contribution in [2.75, 3.05) is 14.7 Å². The molecule has 86 heavy (non-hydrogen) atoms. The summed E-state index contributed by atoms with van der Waals surface area (Å²) in [4.78, 5) is 13.7. The minimum absolute atomic E-state index is 0.00944. The lowest BCUT2D eigenvalue weighted by Crippen LogP contribution is -2.61. The third-order valence-corrected chi connectivity index (χ3v) is 19.3. The van der Waals surface area contributed by atoms with Crippen LogP contribution in [0.1, 0.15) is 184 Å². The largest absolute Gasteiger partial charge is 0.456 e. The Morgan fingerprint density at radius 2 is 0.802 bits per heavy atom. The molecule has 0 bridgehead atoms. The average molecular weight is 1150 g/mol. The van der Waals surface area contributed by atoms with Gasteiger partial charge in [0.2, 0.25) is 0 Å². The van der Waals surface area contributed by atoms with Crippen molar-refractivity contribution >= 4 is 107 Å². The highest BCUT2D eigenvalue weighted by Gasteiger charge is 2.47. The molecule has 0 fully saturated rings. The predicted octanol–water partition coefficient (Wildman–Crippen LogP) is 21.3. The van der Waals surface area contributed by atoms with Crippen LogP contribution in [0.5, 0.6) is 0 Å². The van der Waals surface area contributed by atoms with Gasteiger partial charge in [0, 0.05) is 61.8 Å². The fraction of sp³-hybridized carbons (Fsp3) is 0.354. The lowest BCUT2D eigenvalue weighted by atomic mass is 9.35. The molecule has 0 saturated carbocycles. The fourth-order valence-electron chi connectivity index (χ4n) is 12.6. The van der Waals surface area contributed by atoms with E-state index in [1.807, 2.05) is 11.3 Å². The molecule has 10 aromatic rings. The van der Waals surface area contributed by atoms with Crippen LogP contribution >= 0.6 is 11.3 Å². The van der Waals surface area contributed by atoms with E-state index in [1.165, 1.54) is 61.2 Å². The van der Waals surface area contributed by atoms with Crippen LogP contribution < -0.4 is 31.2 Å². The summed E-state index contributed by atoms with van der Waals surface area (Å²) >= 11 is 1.81. The van der Waals surface area contributed by atoms with Crippen molar-refractivity contribution in [3.05, 3.63) is 197 Å². The summed E-state index contributed by atoms with van der Waals surface area (Å²) in [6.45, 7) is 48.5. The van der Waals surface area contributed by atoms with E-state index in [2.05, 4.69) is 318 Å². The Labute approximate surface area is 518 Å². The van der Waals surface area contributed by atoms with Gasteiger partial charge in [-0.25, -0.2) is 4.98 Å². The number of aromatic nitrogens is 1. The molecule has 2 aliphatic heterocycles. The number of benzene rings is 8. The van der Waals surface area contributed by atoms with Crippen LogP contribution in [0, 0.1) is 0 Å². The number of thiazole rings is 1. The summed E-state index contributed by atoms with van der Waals surface area (Å²) in [6, 6.07) is 61.0. The van der Waals surface area contributed by atoms with Gasteiger partial charge in [-0.15, -0.1) is 0 Å². The molecular weight excluding hydrogens is 1060 g/mol. The predicted molar refractivity (Wildman–Crippen MR) is 374 cm³/mol. The van der Waals surface area contributed by atoms with Gasteiger partial charge in [0.05, 0.1) is 5.59 Å². The Morgan fingerprint density at radius 1 is 0.372 bits per heavy atom. The van der Waals surface area contributed by atoms with Crippen molar-refractivity contribution in [3.63, 3.8) is 0 Å². The Morgan fingerprint density at radius 3 is 1.30 bits per heavy atom. The van der Waals surface area contributed by atoms with E-state index in [9.17, 15) is 0 Å². The van der Waals surface area contributed by atoms with Gasteiger partial charge in [0.25, 0.3) is 6.71 Å². The van der Waals surface area contributed by atoms with Gasteiger partial charge >= 0.3 is 0 Å². The Kier molecular flexibility index (Phi) is 13.8. The maximum Gasteiger partial charge on any atom is 0.276 e. The van der Waals surface area contributed by atoms with Crippen LogP contribution in [0.2, 0.25) is 0 Å². The van der Waals surface area contributed by atoms with Crippen molar-refractivity contribution in [2.45, 2.75) is 183 Å². The number of fused-ring (bicyclic) bond motifs is 7. The third kappa shape index (κ3) is 10.6. The van der Waals surface area contributed by atoms with Gasteiger partial charge in [0.15, 0.2) is 0 Å². The van der Waals surface area contributed by atoms with Gasteiger partial charge < -0.3 is 19.1 Å². The Hall–Kier alpha value is -7.35. The van der Waals surface area contributed by atoms with Crippen LogP contribution in [0.4, 0.5) is 50.5 Å². The van der Waals surface area contributed by atoms with E-state index in [0.29, 0.717) is 0 Å². The minimum Gasteiger partial charge on any atom is -0.456 e. The number of hydrogen-bond donors (Lipinski definition) is 0. The molecule has 440 valence electrons. The minimum atomic E-state index is -0.204. The molecule has 0 N–H and O–H groups in total. The maximum absolute atomic E-state index is 6.58. The second-order valence-corrected chi connectivity index (χ2v) is 33.0. The van der Waals surface area contributed by atoms with E-state index in [0.717, 1.165) is 77.2 Å². The van der Waals surface area contributed by atoms with Crippen LogP contribution in [0.3, 0.4) is 0 Å². The SMILES string of the molecule is CC(C)(C)c1ccc(N(c2ccc(C(C)(C)C)cc2)c2ccc3c(c2)N(c2ccc(C(C)(C)C)cc2)c2cc(C(C)(C)C)cc4c2B3c2nc(-c3ccc5oc6ccc(C(C)(C)C)cc6c5c3)sc2N4c2cc(C(C)(C)C)cc(C(C)(C)C)c2)cc1. The first-order valence-electron chi connectivity index (χ1n) is 31.2. The molecule has 0 saturated heterocycles. The van der Waals surface area contributed by atoms with Gasteiger partial charge in [-0.05, 0) is 191 Å². The summed E-state index contributed by atoms with van der Waals surface area (Å²) in [5.41, 5.74) is 24.2. The van der Waals surface area contributed by atoms with Crippen molar-refractivity contribution in [2.24, 2.45) is 0 Å². The second kappa shape index (κ2) is 20.1. The highest BCUT2D eigenvalue weighted by molar-refractivity contribution is 7.22. The van der Waals surface area contributed by atoms with E-state index >= 15 is 0 Å². The summed E-state index contributed by atoms with van der Waals surface area (Å²) in [6.07, 6.45) is 0. The van der Waals surface area contributed by atoms with Crippen molar-refractivity contribution in [1.29, 1.82) is 0 Å². The lowest BCUT2D eigenvalue weighted by molar-refractivity contribution is 0.568. The molecule has 0 unspecified atom stereocenters. The zero-order chi connectivity index (χ0) is 61.7. The van der Waals surface area contributed by atoms with Crippen LogP contribution in [0.15, 0.2) is 162 Å². The van der Waals surface area contributed by atoms with E-state index in [-0.39, 0.29) is 44.6 Å².